The number of imide groups is 1. The fraction of sp³-hybridized carbons (Fsp3) is 0.300. The van der Waals surface area contributed by atoms with Gasteiger partial charge in [-0.15, -0.1) is 5.10 Å². The molecule has 1 aliphatic carbocycles. The fourth-order valence-electron chi connectivity index (χ4n) is 3.08. The molecule has 0 saturated heterocycles. The maximum Gasteiger partial charge on any atom is 0.414 e. The average molecular weight is 495 g/mol. The van der Waals surface area contributed by atoms with Gasteiger partial charge in [0.25, 0.3) is 11.5 Å². The molecular weight excluding hydrogens is 475 g/mol. The molecule has 33 heavy (non-hydrogen) atoms. The highest BCUT2D eigenvalue weighted by atomic mass is 35.5. The van der Waals surface area contributed by atoms with E-state index >= 15 is 0 Å². The third kappa shape index (κ3) is 5.42. The van der Waals surface area contributed by atoms with Gasteiger partial charge in [0.15, 0.2) is 5.75 Å². The maximum absolute atomic E-state index is 12.1. The third-order valence-corrected chi connectivity index (χ3v) is 5.10. The van der Waals surface area contributed by atoms with E-state index in [-0.39, 0.29) is 45.4 Å². The molecule has 1 atom stereocenters. The summed E-state index contributed by atoms with van der Waals surface area (Å²) in [4.78, 5) is 35.4. The molecule has 1 aromatic carbocycles. The Bertz CT molecular complexity index is 1310. The molecule has 13 heteroatoms. The first-order chi connectivity index (χ1) is 16.6. The Hall–Kier alpha value is -3.62. The Morgan fingerprint density at radius 3 is 2.76 bits per heavy atom. The van der Waals surface area contributed by atoms with Gasteiger partial charge in [-0.1, -0.05) is 30.1 Å². The highest BCUT2D eigenvalue weighted by Crippen LogP contribution is 2.42. The summed E-state index contributed by atoms with van der Waals surface area (Å²) in [7, 11) is 0. The molecule has 2 amide bonds. The molecule has 1 unspecified atom stereocenters. The molecular formula is C20H18Cl2N6O5. The number of H-pyrrole nitrogens is 1. The SMILES string of the molecule is [2H]c1c(Cl)c(Oc2n[nH]c(=O)c3c2C(C)CC3)c(Cl)c([2H])c1N/N=C(/C#N)C(=O)NC(=O)OCC. The van der Waals surface area contributed by atoms with Crippen LogP contribution in [-0.4, -0.2) is 34.5 Å². The van der Waals surface area contributed by atoms with E-state index in [2.05, 4.69) is 25.5 Å². The zero-order chi connectivity index (χ0) is 25.9. The van der Waals surface area contributed by atoms with Crippen molar-refractivity contribution < 1.29 is 21.8 Å². The third-order valence-electron chi connectivity index (χ3n) is 4.57. The van der Waals surface area contributed by atoms with Crippen LogP contribution in [0, 0.1) is 11.3 Å². The van der Waals surface area contributed by atoms with Crippen molar-refractivity contribution in [2.75, 3.05) is 12.0 Å². The van der Waals surface area contributed by atoms with Gasteiger partial charge >= 0.3 is 6.09 Å². The van der Waals surface area contributed by atoms with Crippen molar-refractivity contribution in [2.45, 2.75) is 32.6 Å². The quantitative estimate of drug-likeness (QED) is 0.406. The van der Waals surface area contributed by atoms with Crippen molar-refractivity contribution in [3.8, 4) is 17.7 Å². The largest absolute Gasteiger partial charge is 0.450 e. The molecule has 3 N–H and O–H groups in total. The van der Waals surface area contributed by atoms with Gasteiger partial charge < -0.3 is 9.47 Å². The number of benzene rings is 1. The minimum Gasteiger partial charge on any atom is -0.450 e. The number of amides is 2. The van der Waals surface area contributed by atoms with Crippen LogP contribution in [0.2, 0.25) is 10.0 Å². The predicted molar refractivity (Wildman–Crippen MR) is 120 cm³/mol. The van der Waals surface area contributed by atoms with E-state index in [9.17, 15) is 14.4 Å². The minimum atomic E-state index is -1.17. The second-order valence-corrected chi connectivity index (χ2v) is 7.49. The Morgan fingerprint density at radius 2 is 2.12 bits per heavy atom. The smallest absolute Gasteiger partial charge is 0.414 e. The first kappa shape index (κ1) is 21.2. The van der Waals surface area contributed by atoms with Gasteiger partial charge in [-0.25, -0.2) is 9.89 Å². The molecule has 172 valence electrons. The number of fused-ring (bicyclic) bond motifs is 1. The highest BCUT2D eigenvalue weighted by molar-refractivity contribution is 6.47. The summed E-state index contributed by atoms with van der Waals surface area (Å²) in [6.45, 7) is 3.44. The predicted octanol–water partition coefficient (Wildman–Crippen LogP) is 3.48. The summed E-state index contributed by atoms with van der Waals surface area (Å²) in [6.07, 6.45) is 0.194. The van der Waals surface area contributed by atoms with Crippen LogP contribution in [0.5, 0.6) is 11.6 Å². The van der Waals surface area contributed by atoms with E-state index in [1.165, 1.54) is 13.0 Å². The number of nitriles is 1. The fourth-order valence-corrected chi connectivity index (χ4v) is 3.58. The molecule has 1 heterocycles. The lowest BCUT2D eigenvalue weighted by Crippen LogP contribution is -2.36. The number of halogens is 2. The number of nitrogens with one attached hydrogen (secondary N) is 3. The van der Waals surface area contributed by atoms with Crippen molar-refractivity contribution >= 4 is 46.6 Å². The summed E-state index contributed by atoms with van der Waals surface area (Å²) in [5, 5.41) is 20.2. The molecule has 0 spiro atoms. The Balaban J connectivity index is 1.93. The second kappa shape index (κ2) is 10.3. The van der Waals surface area contributed by atoms with Crippen molar-refractivity contribution in [2.24, 2.45) is 5.10 Å². The number of carbonyl (C=O) groups excluding carboxylic acids is 2. The lowest BCUT2D eigenvalue weighted by atomic mass is 10.1. The summed E-state index contributed by atoms with van der Waals surface area (Å²) in [5.41, 5.74) is 1.92. The first-order valence-corrected chi connectivity index (χ1v) is 10.4. The van der Waals surface area contributed by atoms with Gasteiger partial charge in [0, 0.05) is 11.1 Å². The standard InChI is InChI=1S/C20H18Cl2N6O5/c1-3-32-20(31)24-18(30)14(8-23)26-25-10-6-12(21)16(13(22)7-10)33-19-15-9(2)4-5-11(15)17(29)27-28-19/h6-7,9,25H,3-5H2,1-2H3,(H,27,29)(H,24,30,31)/b26-14-/i6D,7D. The summed E-state index contributed by atoms with van der Waals surface area (Å²) >= 11 is 12.6. The Kier molecular flexibility index (Phi) is 6.65. The van der Waals surface area contributed by atoms with E-state index in [4.69, 9.17) is 35.9 Å². The topological polar surface area (TPSA) is 159 Å². The monoisotopic (exact) mass is 494 g/mol. The van der Waals surface area contributed by atoms with E-state index in [1.807, 2.05) is 6.92 Å². The van der Waals surface area contributed by atoms with Gasteiger partial charge in [0.05, 0.1) is 25.1 Å². The normalized spacial score (nSPS) is 15.6. The molecule has 3 rings (SSSR count). The first-order valence-electron chi connectivity index (χ1n) is 10.6. The Labute approximate surface area is 200 Å². The molecule has 1 aromatic heterocycles. The number of aromatic amines is 1. The van der Waals surface area contributed by atoms with Gasteiger partial charge in [0.2, 0.25) is 11.6 Å². The van der Waals surface area contributed by atoms with Crippen molar-refractivity contribution in [3.05, 3.63) is 43.6 Å². The lowest BCUT2D eigenvalue weighted by molar-refractivity contribution is -0.114. The number of nitrogens with zero attached hydrogens (tertiary/aromatic N) is 3. The number of anilines is 1. The molecule has 2 aromatic rings. The van der Waals surface area contributed by atoms with Crippen LogP contribution in [0.15, 0.2) is 22.0 Å². The molecule has 0 radical (unpaired) electrons. The Morgan fingerprint density at radius 1 is 1.42 bits per heavy atom. The molecule has 0 bridgehead atoms. The van der Waals surface area contributed by atoms with Crippen LogP contribution in [0.4, 0.5) is 10.5 Å². The maximum atomic E-state index is 12.1. The van der Waals surface area contributed by atoms with E-state index in [0.29, 0.717) is 17.5 Å². The van der Waals surface area contributed by atoms with Crippen molar-refractivity contribution in [1.29, 1.82) is 5.26 Å². The number of alkyl carbamates (subject to hydrolysis) is 1. The van der Waals surface area contributed by atoms with Gasteiger partial charge in [-0.2, -0.15) is 10.4 Å². The zero-order valence-corrected chi connectivity index (χ0v) is 18.8. The summed E-state index contributed by atoms with van der Waals surface area (Å²) < 4.78 is 26.9. The number of rotatable bonds is 6. The van der Waals surface area contributed by atoms with Gasteiger partial charge in [-0.3, -0.25) is 20.3 Å². The van der Waals surface area contributed by atoms with Crippen molar-refractivity contribution in [1.82, 2.24) is 15.5 Å². The van der Waals surface area contributed by atoms with Crippen LogP contribution < -0.4 is 21.0 Å². The molecule has 0 aliphatic heterocycles. The summed E-state index contributed by atoms with van der Waals surface area (Å²) in [5.74, 6) is -1.37. The van der Waals surface area contributed by atoms with Crippen LogP contribution in [0.25, 0.3) is 0 Å². The number of carbonyl (C=O) groups is 2. The van der Waals surface area contributed by atoms with Crippen LogP contribution >= 0.6 is 23.2 Å². The number of hydrazone groups is 1. The van der Waals surface area contributed by atoms with E-state index in [0.717, 1.165) is 6.42 Å². The number of aromatic nitrogens is 2. The van der Waals surface area contributed by atoms with Gasteiger partial charge in [-0.05, 0) is 37.8 Å². The minimum absolute atomic E-state index is 0.00250. The summed E-state index contributed by atoms with van der Waals surface area (Å²) in [6, 6.07) is 0.532. The average Bonchev–Trinajstić information content (AvgIpc) is 3.22. The van der Waals surface area contributed by atoms with E-state index < -0.39 is 29.8 Å². The number of hydrogen-bond donors (Lipinski definition) is 3. The molecule has 0 saturated carbocycles. The van der Waals surface area contributed by atoms with E-state index in [1.54, 1.807) is 5.32 Å². The zero-order valence-electron chi connectivity index (χ0n) is 19.3. The van der Waals surface area contributed by atoms with Crippen LogP contribution in [0.3, 0.4) is 0 Å². The number of ether oxygens (including phenoxy) is 2. The second-order valence-electron chi connectivity index (χ2n) is 6.73. The number of hydrogen-bond acceptors (Lipinski definition) is 9. The van der Waals surface area contributed by atoms with Gasteiger partial charge in [0.1, 0.15) is 6.07 Å². The highest BCUT2D eigenvalue weighted by Gasteiger charge is 2.28. The molecule has 0 fully saturated rings. The lowest BCUT2D eigenvalue weighted by Gasteiger charge is -2.14. The van der Waals surface area contributed by atoms with Crippen LogP contribution in [0.1, 0.15) is 40.1 Å². The molecule has 11 nitrogen and oxygen atoms in total. The van der Waals surface area contributed by atoms with Crippen LogP contribution in [-0.2, 0) is 16.0 Å². The van der Waals surface area contributed by atoms with Crippen molar-refractivity contribution in [3.63, 3.8) is 0 Å². The molecule has 1 aliphatic rings.